The molecule has 0 aromatic carbocycles. The first-order valence-corrected chi connectivity index (χ1v) is 6.03. The molecule has 0 bridgehead atoms. The van der Waals surface area contributed by atoms with Crippen molar-refractivity contribution in [1.82, 2.24) is 20.0 Å². The third kappa shape index (κ3) is 2.49. The molecule has 0 spiro atoms. The van der Waals surface area contributed by atoms with Crippen LogP contribution in [-0.2, 0) is 4.79 Å². The molecule has 1 saturated heterocycles. The molecule has 1 aromatic heterocycles. The van der Waals surface area contributed by atoms with Gasteiger partial charge in [0.2, 0.25) is 5.91 Å². The summed E-state index contributed by atoms with van der Waals surface area (Å²) in [6.45, 7) is 3.54. The fourth-order valence-corrected chi connectivity index (χ4v) is 2.35. The van der Waals surface area contributed by atoms with Crippen molar-refractivity contribution in [2.45, 2.75) is 25.8 Å². The van der Waals surface area contributed by atoms with Crippen molar-refractivity contribution in [2.75, 3.05) is 27.2 Å². The Kier molecular flexibility index (Phi) is 3.47. The van der Waals surface area contributed by atoms with Crippen LogP contribution in [0.3, 0.4) is 0 Å². The number of amides is 1. The van der Waals surface area contributed by atoms with E-state index in [0.717, 1.165) is 25.1 Å². The highest BCUT2D eigenvalue weighted by Crippen LogP contribution is 2.31. The fourth-order valence-electron chi connectivity index (χ4n) is 2.35. The molecule has 0 saturated carbocycles. The second kappa shape index (κ2) is 4.87. The highest BCUT2D eigenvalue weighted by Gasteiger charge is 2.29. The zero-order valence-corrected chi connectivity index (χ0v) is 10.7. The number of aryl methyl sites for hydroxylation is 1. The number of hydrogen-bond acceptors (Lipinski definition) is 3. The van der Waals surface area contributed by atoms with Crippen LogP contribution in [0.25, 0.3) is 0 Å². The first-order valence-electron chi connectivity index (χ1n) is 6.03. The largest absolute Gasteiger partial charge is 0.348 e. The number of nitrogens with one attached hydrogen (secondary N) is 1. The van der Waals surface area contributed by atoms with Crippen LogP contribution >= 0.6 is 0 Å². The monoisotopic (exact) mass is 236 g/mol. The van der Waals surface area contributed by atoms with E-state index < -0.39 is 0 Å². The Hall–Kier alpha value is -1.36. The number of likely N-dealkylation sites (tertiary alicyclic amines) is 1. The maximum absolute atomic E-state index is 11.8. The molecule has 5 heteroatoms. The van der Waals surface area contributed by atoms with Crippen LogP contribution in [0.15, 0.2) is 6.20 Å². The van der Waals surface area contributed by atoms with E-state index in [-0.39, 0.29) is 5.91 Å². The molecule has 2 heterocycles. The lowest BCUT2D eigenvalue weighted by Crippen LogP contribution is -2.36. The number of carbonyl (C=O) groups excluding carboxylic acids is 1. The van der Waals surface area contributed by atoms with Gasteiger partial charge in [-0.15, -0.1) is 0 Å². The van der Waals surface area contributed by atoms with Gasteiger partial charge in [-0.3, -0.25) is 14.8 Å². The smallest absolute Gasteiger partial charge is 0.236 e. The van der Waals surface area contributed by atoms with Crippen molar-refractivity contribution in [3.63, 3.8) is 0 Å². The zero-order chi connectivity index (χ0) is 12.4. The molecule has 0 unspecified atom stereocenters. The van der Waals surface area contributed by atoms with E-state index in [4.69, 9.17) is 0 Å². The van der Waals surface area contributed by atoms with Crippen LogP contribution < -0.4 is 0 Å². The molecular formula is C12H20N4O. The first kappa shape index (κ1) is 12.1. The number of hydrogen-bond donors (Lipinski definition) is 1. The van der Waals surface area contributed by atoms with Crippen molar-refractivity contribution in [1.29, 1.82) is 0 Å². The maximum atomic E-state index is 11.8. The van der Waals surface area contributed by atoms with E-state index in [1.807, 2.05) is 6.20 Å². The van der Waals surface area contributed by atoms with Crippen molar-refractivity contribution in [3.05, 3.63) is 17.5 Å². The molecule has 1 aromatic rings. The molecule has 2 rings (SSSR count). The Morgan fingerprint density at radius 3 is 3.00 bits per heavy atom. The molecule has 17 heavy (non-hydrogen) atoms. The van der Waals surface area contributed by atoms with Crippen LogP contribution in [-0.4, -0.2) is 53.1 Å². The number of rotatable bonds is 3. The lowest BCUT2D eigenvalue weighted by atomic mass is 10.1. The summed E-state index contributed by atoms with van der Waals surface area (Å²) in [7, 11) is 3.60. The van der Waals surface area contributed by atoms with Crippen molar-refractivity contribution >= 4 is 5.91 Å². The molecule has 1 N–H and O–H groups in total. The standard InChI is InChI=1S/C12H20N4O/c1-9-7-13-14-12(9)10-5-4-6-16(10)8-11(17)15(2)3/h7,10H,4-6,8H2,1-3H3,(H,13,14)/t10-/m1/s1. The minimum atomic E-state index is 0.161. The molecule has 1 aliphatic rings. The number of aromatic amines is 1. The molecule has 1 amide bonds. The third-order valence-corrected chi connectivity index (χ3v) is 3.40. The van der Waals surface area contributed by atoms with Gasteiger partial charge in [0.25, 0.3) is 0 Å². The van der Waals surface area contributed by atoms with Gasteiger partial charge < -0.3 is 4.90 Å². The highest BCUT2D eigenvalue weighted by atomic mass is 16.2. The molecule has 5 nitrogen and oxygen atoms in total. The summed E-state index contributed by atoms with van der Waals surface area (Å²) < 4.78 is 0. The predicted molar refractivity (Wildman–Crippen MR) is 65.6 cm³/mol. The number of nitrogens with zero attached hydrogens (tertiary/aromatic N) is 3. The maximum Gasteiger partial charge on any atom is 0.236 e. The summed E-state index contributed by atoms with van der Waals surface area (Å²) in [5.41, 5.74) is 2.34. The van der Waals surface area contributed by atoms with Crippen molar-refractivity contribution in [3.8, 4) is 0 Å². The summed E-state index contributed by atoms with van der Waals surface area (Å²) in [6, 6.07) is 0.321. The Morgan fingerprint density at radius 1 is 1.65 bits per heavy atom. The summed E-state index contributed by atoms with van der Waals surface area (Å²) in [4.78, 5) is 15.6. The molecule has 0 aliphatic carbocycles. The number of likely N-dealkylation sites (N-methyl/N-ethyl adjacent to an activating group) is 1. The van der Waals surface area contributed by atoms with Gasteiger partial charge in [-0.05, 0) is 31.9 Å². The van der Waals surface area contributed by atoms with E-state index in [1.165, 1.54) is 5.56 Å². The first-order chi connectivity index (χ1) is 8.09. The Labute approximate surface area is 102 Å². The van der Waals surface area contributed by atoms with Gasteiger partial charge >= 0.3 is 0 Å². The fraction of sp³-hybridized carbons (Fsp3) is 0.667. The van der Waals surface area contributed by atoms with Crippen molar-refractivity contribution in [2.24, 2.45) is 0 Å². The summed E-state index contributed by atoms with van der Waals surface area (Å²) in [6.07, 6.45) is 4.09. The molecular weight excluding hydrogens is 216 g/mol. The molecule has 0 radical (unpaired) electrons. The van der Waals surface area contributed by atoms with E-state index >= 15 is 0 Å². The summed E-state index contributed by atoms with van der Waals surface area (Å²) in [5.74, 6) is 0.161. The minimum Gasteiger partial charge on any atom is -0.348 e. The molecule has 94 valence electrons. The van der Waals surface area contributed by atoms with Crippen LogP contribution in [0.2, 0.25) is 0 Å². The average molecular weight is 236 g/mol. The van der Waals surface area contributed by atoms with Gasteiger partial charge in [-0.1, -0.05) is 0 Å². The van der Waals surface area contributed by atoms with Crippen LogP contribution in [0, 0.1) is 6.92 Å². The number of carbonyl (C=O) groups is 1. The van der Waals surface area contributed by atoms with E-state index in [0.29, 0.717) is 12.6 Å². The Morgan fingerprint density at radius 2 is 2.41 bits per heavy atom. The van der Waals surface area contributed by atoms with Crippen LogP contribution in [0.5, 0.6) is 0 Å². The SMILES string of the molecule is Cc1cn[nH]c1[C@H]1CCCN1CC(=O)N(C)C. The van der Waals surface area contributed by atoms with Gasteiger partial charge in [0, 0.05) is 14.1 Å². The van der Waals surface area contributed by atoms with Gasteiger partial charge in [0.05, 0.1) is 24.5 Å². The predicted octanol–water partition coefficient (Wildman–Crippen LogP) is 0.943. The number of aromatic nitrogens is 2. The second-order valence-corrected chi connectivity index (χ2v) is 4.88. The van der Waals surface area contributed by atoms with Gasteiger partial charge in [0.15, 0.2) is 0 Å². The third-order valence-electron chi connectivity index (χ3n) is 3.40. The summed E-state index contributed by atoms with van der Waals surface area (Å²) >= 11 is 0. The Balaban J connectivity index is 2.08. The average Bonchev–Trinajstić information content (AvgIpc) is 2.86. The zero-order valence-electron chi connectivity index (χ0n) is 10.7. The summed E-state index contributed by atoms with van der Waals surface area (Å²) in [5, 5.41) is 7.13. The lowest BCUT2D eigenvalue weighted by molar-refractivity contribution is -0.130. The molecule has 1 fully saturated rings. The lowest BCUT2D eigenvalue weighted by Gasteiger charge is -2.24. The Bertz CT molecular complexity index is 399. The molecule has 1 aliphatic heterocycles. The van der Waals surface area contributed by atoms with Crippen LogP contribution in [0.4, 0.5) is 0 Å². The normalized spacial score (nSPS) is 20.8. The molecule has 1 atom stereocenters. The minimum absolute atomic E-state index is 0.161. The number of H-pyrrole nitrogens is 1. The second-order valence-electron chi connectivity index (χ2n) is 4.88. The van der Waals surface area contributed by atoms with Gasteiger partial charge in [-0.2, -0.15) is 5.10 Å². The van der Waals surface area contributed by atoms with E-state index in [1.54, 1.807) is 19.0 Å². The van der Waals surface area contributed by atoms with E-state index in [9.17, 15) is 4.79 Å². The highest BCUT2D eigenvalue weighted by molar-refractivity contribution is 5.77. The quantitative estimate of drug-likeness (QED) is 0.850. The van der Waals surface area contributed by atoms with Crippen molar-refractivity contribution < 1.29 is 4.79 Å². The van der Waals surface area contributed by atoms with Gasteiger partial charge in [-0.25, -0.2) is 0 Å². The topological polar surface area (TPSA) is 52.2 Å². The van der Waals surface area contributed by atoms with Crippen LogP contribution in [0.1, 0.15) is 30.1 Å². The van der Waals surface area contributed by atoms with E-state index in [2.05, 4.69) is 22.0 Å². The van der Waals surface area contributed by atoms with Gasteiger partial charge in [0.1, 0.15) is 0 Å².